The van der Waals surface area contributed by atoms with Crippen molar-refractivity contribution < 1.29 is 0 Å². The van der Waals surface area contributed by atoms with Crippen molar-refractivity contribution in [1.82, 2.24) is 4.68 Å². The van der Waals surface area contributed by atoms with E-state index in [2.05, 4.69) is 6.46 Å². The summed E-state index contributed by atoms with van der Waals surface area (Å²) in [5, 5.41) is 0. The van der Waals surface area contributed by atoms with E-state index in [0.29, 0.717) is 0 Å². The van der Waals surface area contributed by atoms with Crippen molar-refractivity contribution in [2.45, 2.75) is 6.92 Å². The van der Waals surface area contributed by atoms with Crippen LogP contribution >= 0.6 is 21.3 Å². The zero-order chi connectivity index (χ0) is 6.97. The maximum atomic E-state index is 4.28. The lowest BCUT2D eigenvalue weighted by Gasteiger charge is -2.03. The topological polar surface area (TPSA) is 29.6 Å². The van der Waals surface area contributed by atoms with Crippen LogP contribution in [0.3, 0.4) is 0 Å². The minimum atomic E-state index is -0.312. The Morgan fingerprint density at radius 2 is 2.50 bits per heavy atom. The number of aromatic nitrogens is 1. The lowest BCUT2D eigenvalue weighted by Crippen LogP contribution is -2.01. The Hall–Kier alpha value is -0.520. The van der Waals surface area contributed by atoms with Crippen molar-refractivity contribution >= 4 is 27.0 Å². The molecule has 0 saturated carbocycles. The fourth-order valence-corrected chi connectivity index (χ4v) is 2.13. The highest BCUT2D eigenvalue weighted by atomic mass is 127. The number of fused-ring (bicyclic) bond motifs is 1. The molecule has 1 aliphatic heterocycles. The average Bonchev–Trinajstić information content (AvgIpc) is 2.36. The second kappa shape index (κ2) is 2.26. The van der Waals surface area contributed by atoms with Crippen molar-refractivity contribution in [3.05, 3.63) is 24.0 Å². The van der Waals surface area contributed by atoms with Crippen LogP contribution in [0.15, 0.2) is 24.8 Å². The molecule has 0 radical (unpaired) electrons. The van der Waals surface area contributed by atoms with E-state index in [9.17, 15) is 0 Å². The van der Waals surface area contributed by atoms with Crippen LogP contribution in [-0.2, 0) is 0 Å². The quantitative estimate of drug-likeness (QED) is 0.629. The van der Waals surface area contributed by atoms with E-state index >= 15 is 0 Å². The molecule has 1 aliphatic rings. The fraction of sp³-hybridized carbons (Fsp3) is 0.167. The Morgan fingerprint density at radius 1 is 1.60 bits per heavy atom. The predicted octanol–water partition coefficient (Wildman–Crippen LogP) is 2.14. The largest absolute Gasteiger partial charge is 0.233 e. The molecule has 2 rings (SSSR count). The summed E-state index contributed by atoms with van der Waals surface area (Å²) in [7, 11) is 0. The number of nitrogens with zero attached hydrogens (tertiary/aromatic N) is 3. The Bertz CT molecular complexity index is 311. The van der Waals surface area contributed by atoms with Gasteiger partial charge < -0.3 is 0 Å². The third-order valence-electron chi connectivity index (χ3n) is 1.38. The van der Waals surface area contributed by atoms with Gasteiger partial charge in [-0.1, -0.05) is 0 Å². The third-order valence-corrected chi connectivity index (χ3v) is 2.98. The highest BCUT2D eigenvalue weighted by Crippen LogP contribution is 2.16. The smallest absolute Gasteiger partial charge is 0.165 e. The molecule has 0 aliphatic carbocycles. The van der Waals surface area contributed by atoms with Crippen LogP contribution in [0, 0.1) is 0 Å². The van der Waals surface area contributed by atoms with Crippen molar-refractivity contribution in [3.63, 3.8) is 0 Å². The van der Waals surface area contributed by atoms with Crippen molar-refractivity contribution in [1.29, 1.82) is 0 Å². The molecule has 0 aromatic carbocycles. The highest BCUT2D eigenvalue weighted by molar-refractivity contribution is 14.1. The number of halogens is 1. The van der Waals surface area contributed by atoms with Crippen molar-refractivity contribution in [3.8, 4) is 0 Å². The van der Waals surface area contributed by atoms with Gasteiger partial charge in [0.2, 0.25) is 0 Å². The molecule has 1 aromatic rings. The Balaban J connectivity index is 2.67. The predicted molar refractivity (Wildman–Crippen MR) is 48.5 cm³/mol. The van der Waals surface area contributed by atoms with Crippen LogP contribution < -0.4 is 0 Å². The lowest BCUT2D eigenvalue weighted by atomic mass is 10.3. The fourth-order valence-electron chi connectivity index (χ4n) is 0.878. The summed E-state index contributed by atoms with van der Waals surface area (Å²) >= 11 is -0.312. The SMILES string of the molecule is CC1=NI=Nn2cccc21. The van der Waals surface area contributed by atoms with Gasteiger partial charge in [-0.2, -0.15) is 0 Å². The van der Waals surface area contributed by atoms with Gasteiger partial charge in [0.1, 0.15) is 0 Å². The van der Waals surface area contributed by atoms with Gasteiger partial charge in [-0.3, -0.25) is 0 Å². The first kappa shape index (κ1) is 6.21. The van der Waals surface area contributed by atoms with E-state index in [0.717, 1.165) is 11.4 Å². The van der Waals surface area contributed by atoms with E-state index in [1.807, 2.05) is 29.9 Å². The van der Waals surface area contributed by atoms with Gasteiger partial charge in [0.05, 0.1) is 11.4 Å². The third kappa shape index (κ3) is 0.828. The zero-order valence-electron chi connectivity index (χ0n) is 5.45. The molecule has 0 N–H and O–H groups in total. The van der Waals surface area contributed by atoms with Crippen molar-refractivity contribution in [2.24, 2.45) is 6.46 Å². The Kier molecular flexibility index (Phi) is 1.40. The van der Waals surface area contributed by atoms with Crippen LogP contribution in [0.5, 0.6) is 0 Å². The summed E-state index contributed by atoms with van der Waals surface area (Å²) in [4.78, 5) is 0. The average molecular weight is 247 g/mol. The molecule has 0 unspecified atom stereocenters. The van der Waals surface area contributed by atoms with Gasteiger partial charge in [0.15, 0.2) is 21.3 Å². The standard InChI is InChI=1S/C6H6IN3/c1-5-6-3-2-4-10(6)9-7-8-5/h2-4H,1H3. The molecule has 0 atom stereocenters. The molecule has 0 saturated heterocycles. The maximum absolute atomic E-state index is 4.28. The number of hydrogen-bond acceptors (Lipinski definition) is 2. The van der Waals surface area contributed by atoms with E-state index in [4.69, 9.17) is 0 Å². The highest BCUT2D eigenvalue weighted by Gasteiger charge is 2.05. The van der Waals surface area contributed by atoms with Gasteiger partial charge in [-0.15, -0.1) is 3.25 Å². The van der Waals surface area contributed by atoms with Gasteiger partial charge in [-0.05, 0) is 19.1 Å². The van der Waals surface area contributed by atoms with E-state index in [1.165, 1.54) is 0 Å². The molecule has 0 fully saturated rings. The Morgan fingerprint density at radius 3 is 3.30 bits per heavy atom. The van der Waals surface area contributed by atoms with Crippen LogP contribution in [0.2, 0.25) is 0 Å². The van der Waals surface area contributed by atoms with Gasteiger partial charge in [0.25, 0.3) is 0 Å². The summed E-state index contributed by atoms with van der Waals surface area (Å²) in [6.45, 7) is 2.03. The van der Waals surface area contributed by atoms with Crippen LogP contribution in [-0.4, -0.2) is 10.4 Å². The van der Waals surface area contributed by atoms with Gasteiger partial charge in [-0.25, -0.2) is 7.88 Å². The summed E-state index contributed by atoms with van der Waals surface area (Å²) < 4.78 is 10.4. The number of rotatable bonds is 0. The Labute approximate surface area is 69.3 Å². The summed E-state index contributed by atoms with van der Waals surface area (Å²) in [5.74, 6) is 0. The van der Waals surface area contributed by atoms with Crippen LogP contribution in [0.25, 0.3) is 0 Å². The molecular weight excluding hydrogens is 241 g/mol. The van der Waals surface area contributed by atoms with Gasteiger partial charge >= 0.3 is 0 Å². The first-order chi connectivity index (χ1) is 4.88. The first-order valence-electron chi connectivity index (χ1n) is 2.95. The lowest BCUT2D eigenvalue weighted by molar-refractivity contribution is 0.906. The minimum absolute atomic E-state index is 0.312. The molecule has 1 aromatic heterocycles. The first-order valence-corrected chi connectivity index (χ1v) is 4.88. The summed E-state index contributed by atoms with van der Waals surface area (Å²) in [6.07, 6.45) is 1.97. The van der Waals surface area contributed by atoms with Gasteiger partial charge in [0, 0.05) is 6.20 Å². The molecule has 0 bridgehead atoms. The number of hydrogen-bond donors (Lipinski definition) is 0. The molecule has 0 amide bonds. The molecule has 4 heteroatoms. The second-order valence-electron chi connectivity index (χ2n) is 2.06. The summed E-state index contributed by atoms with van der Waals surface area (Å²) in [6, 6.07) is 4.03. The minimum Gasteiger partial charge on any atom is -0.233 e. The second-order valence-corrected chi connectivity index (χ2v) is 3.40. The molecule has 2 heterocycles. The van der Waals surface area contributed by atoms with E-state index in [1.54, 1.807) is 0 Å². The normalized spacial score (nSPS) is 15.5. The molecule has 0 spiro atoms. The maximum Gasteiger partial charge on any atom is 0.165 e. The molecule has 3 nitrogen and oxygen atoms in total. The van der Waals surface area contributed by atoms with Crippen LogP contribution in [0.1, 0.15) is 12.6 Å². The monoisotopic (exact) mass is 247 g/mol. The summed E-state index contributed by atoms with van der Waals surface area (Å²) in [5.41, 5.74) is 2.25. The molecule has 10 heavy (non-hydrogen) atoms. The molecule has 52 valence electrons. The zero-order valence-corrected chi connectivity index (χ0v) is 7.61. The van der Waals surface area contributed by atoms with Crippen LogP contribution in [0.4, 0.5) is 0 Å². The van der Waals surface area contributed by atoms with E-state index < -0.39 is 0 Å². The molecular formula is C6H6IN3. The van der Waals surface area contributed by atoms with Crippen molar-refractivity contribution in [2.75, 3.05) is 0 Å². The van der Waals surface area contributed by atoms with E-state index in [-0.39, 0.29) is 21.3 Å².